The van der Waals surface area contributed by atoms with Crippen LogP contribution in [0.1, 0.15) is 23.2 Å². The van der Waals surface area contributed by atoms with Crippen LogP contribution < -0.4 is 0 Å². The van der Waals surface area contributed by atoms with E-state index in [1.807, 2.05) is 6.92 Å². The lowest BCUT2D eigenvalue weighted by Gasteiger charge is -1.91. The van der Waals surface area contributed by atoms with E-state index in [-0.39, 0.29) is 5.69 Å². The number of carbonyl (C=O) groups is 1. The molecule has 0 aliphatic rings. The quantitative estimate of drug-likeness (QED) is 0.745. The lowest BCUT2D eigenvalue weighted by Crippen LogP contribution is -1.96. The van der Waals surface area contributed by atoms with E-state index in [0.29, 0.717) is 0 Å². The Morgan fingerprint density at radius 1 is 1.83 bits per heavy atom. The number of aromatic carboxylic acids is 1. The van der Waals surface area contributed by atoms with Crippen molar-refractivity contribution in [3.8, 4) is 0 Å². The van der Waals surface area contributed by atoms with E-state index in [0.717, 1.165) is 17.3 Å². The third kappa shape index (κ3) is 2.27. The van der Waals surface area contributed by atoms with E-state index in [9.17, 15) is 4.79 Å². The summed E-state index contributed by atoms with van der Waals surface area (Å²) in [7, 11) is 0. The van der Waals surface area contributed by atoms with Crippen LogP contribution in [0.5, 0.6) is 0 Å². The summed E-state index contributed by atoms with van der Waals surface area (Å²) in [6.45, 7) is 2.05. The van der Waals surface area contributed by atoms with E-state index < -0.39 is 5.97 Å². The molecular weight excluding hydrogens is 176 g/mol. The third-order valence-electron chi connectivity index (χ3n) is 1.30. The molecule has 0 aliphatic heterocycles. The van der Waals surface area contributed by atoms with Gasteiger partial charge in [0.1, 0.15) is 11.5 Å². The van der Waals surface area contributed by atoms with Crippen molar-refractivity contribution in [2.75, 3.05) is 5.75 Å². The first-order chi connectivity index (χ1) is 5.74. The second kappa shape index (κ2) is 4.15. The topological polar surface area (TPSA) is 66.0 Å². The lowest BCUT2D eigenvalue weighted by atomic mass is 10.5. The fraction of sp³-hybridized carbons (Fsp3) is 0.429. The van der Waals surface area contributed by atoms with Crippen molar-refractivity contribution < 1.29 is 9.90 Å². The highest BCUT2D eigenvalue weighted by Crippen LogP contribution is 2.08. The van der Waals surface area contributed by atoms with Crippen molar-refractivity contribution in [2.45, 2.75) is 12.7 Å². The van der Waals surface area contributed by atoms with Crippen LogP contribution in [0, 0.1) is 0 Å². The lowest BCUT2D eigenvalue weighted by molar-refractivity contribution is 0.0691. The number of carboxylic acid groups (broad SMARTS) is 1. The van der Waals surface area contributed by atoms with E-state index in [2.05, 4.69) is 9.97 Å². The van der Waals surface area contributed by atoms with Crippen molar-refractivity contribution in [1.82, 2.24) is 9.97 Å². The highest BCUT2D eigenvalue weighted by Gasteiger charge is 2.05. The molecule has 1 aromatic rings. The number of thioether (sulfide) groups is 1. The second-order valence-electron chi connectivity index (χ2n) is 2.19. The number of aromatic amines is 1. The van der Waals surface area contributed by atoms with Crippen molar-refractivity contribution in [2.24, 2.45) is 0 Å². The normalized spacial score (nSPS) is 10.1. The molecule has 0 aliphatic carbocycles. The van der Waals surface area contributed by atoms with Gasteiger partial charge in [-0.1, -0.05) is 6.92 Å². The monoisotopic (exact) mass is 186 g/mol. The smallest absolute Gasteiger partial charge is 0.353 e. The number of aromatic nitrogens is 2. The number of H-pyrrole nitrogens is 1. The average molecular weight is 186 g/mol. The molecule has 66 valence electrons. The Morgan fingerprint density at radius 2 is 2.58 bits per heavy atom. The second-order valence-corrected chi connectivity index (χ2v) is 3.46. The van der Waals surface area contributed by atoms with Crippen molar-refractivity contribution in [3.63, 3.8) is 0 Å². The molecular formula is C7H10N2O2S. The van der Waals surface area contributed by atoms with Crippen LogP contribution in [0.4, 0.5) is 0 Å². The largest absolute Gasteiger partial charge is 0.477 e. The minimum absolute atomic E-state index is 0.154. The number of imidazole rings is 1. The molecule has 0 fully saturated rings. The summed E-state index contributed by atoms with van der Waals surface area (Å²) in [5, 5.41) is 8.55. The average Bonchev–Trinajstić information content (AvgIpc) is 2.48. The molecule has 5 heteroatoms. The van der Waals surface area contributed by atoms with Crippen LogP contribution in [0.25, 0.3) is 0 Å². The van der Waals surface area contributed by atoms with Crippen molar-refractivity contribution in [3.05, 3.63) is 17.7 Å². The first-order valence-electron chi connectivity index (χ1n) is 3.59. The van der Waals surface area contributed by atoms with Gasteiger partial charge in [0.05, 0.1) is 11.9 Å². The van der Waals surface area contributed by atoms with E-state index in [4.69, 9.17) is 5.11 Å². The third-order valence-corrected chi connectivity index (χ3v) is 2.19. The predicted octanol–water partition coefficient (Wildman–Crippen LogP) is 1.36. The van der Waals surface area contributed by atoms with Gasteiger partial charge in [0.25, 0.3) is 0 Å². The number of nitrogens with zero attached hydrogens (tertiary/aromatic N) is 1. The Balaban J connectivity index is 2.58. The van der Waals surface area contributed by atoms with Crippen LogP contribution >= 0.6 is 11.8 Å². The molecule has 1 rings (SSSR count). The van der Waals surface area contributed by atoms with Crippen LogP contribution in [-0.2, 0) is 5.75 Å². The summed E-state index contributed by atoms with van der Waals surface area (Å²) >= 11 is 1.70. The van der Waals surface area contributed by atoms with E-state index in [1.54, 1.807) is 11.8 Å². The maximum absolute atomic E-state index is 10.4. The highest BCUT2D eigenvalue weighted by atomic mass is 32.2. The number of hydrogen-bond acceptors (Lipinski definition) is 3. The van der Waals surface area contributed by atoms with Gasteiger partial charge in [-0.15, -0.1) is 0 Å². The van der Waals surface area contributed by atoms with Crippen LogP contribution in [0.3, 0.4) is 0 Å². The van der Waals surface area contributed by atoms with Gasteiger partial charge in [-0.25, -0.2) is 9.78 Å². The summed E-state index contributed by atoms with van der Waals surface area (Å²) in [5.41, 5.74) is 0.154. The molecule has 1 aromatic heterocycles. The summed E-state index contributed by atoms with van der Waals surface area (Å²) in [4.78, 5) is 17.0. The first kappa shape index (κ1) is 9.12. The summed E-state index contributed by atoms with van der Waals surface area (Å²) in [5.74, 6) is 1.50. The van der Waals surface area contributed by atoms with Crippen LogP contribution in [-0.4, -0.2) is 26.8 Å². The molecule has 0 spiro atoms. The van der Waals surface area contributed by atoms with Gasteiger partial charge >= 0.3 is 5.97 Å². The van der Waals surface area contributed by atoms with Gasteiger partial charge in [-0.3, -0.25) is 0 Å². The molecule has 0 saturated carbocycles. The molecule has 0 aromatic carbocycles. The molecule has 1 heterocycles. The fourth-order valence-corrected chi connectivity index (χ4v) is 1.29. The predicted molar refractivity (Wildman–Crippen MR) is 47.4 cm³/mol. The number of carboxylic acids is 1. The maximum atomic E-state index is 10.4. The Kier molecular flexibility index (Phi) is 3.16. The summed E-state index contributed by atoms with van der Waals surface area (Å²) in [6, 6.07) is 0. The SMILES string of the molecule is CCSCc1ncc(C(=O)O)[nH]1. The first-order valence-corrected chi connectivity index (χ1v) is 4.74. The maximum Gasteiger partial charge on any atom is 0.353 e. The standard InChI is InChI=1S/C7H10N2O2S/c1-2-12-4-6-8-3-5(9-6)7(10)11/h3H,2,4H2,1H3,(H,8,9)(H,10,11). The van der Waals surface area contributed by atoms with E-state index in [1.165, 1.54) is 6.20 Å². The Bertz CT molecular complexity index is 272. The number of nitrogens with one attached hydrogen (secondary N) is 1. The zero-order valence-corrected chi connectivity index (χ0v) is 7.52. The van der Waals surface area contributed by atoms with Gasteiger partial charge < -0.3 is 10.1 Å². The highest BCUT2D eigenvalue weighted by molar-refractivity contribution is 7.98. The molecule has 2 N–H and O–H groups in total. The summed E-state index contributed by atoms with van der Waals surface area (Å²) in [6.07, 6.45) is 1.34. The fourth-order valence-electron chi connectivity index (χ4n) is 0.743. The Labute approximate surface area is 74.4 Å². The molecule has 12 heavy (non-hydrogen) atoms. The molecule has 0 bridgehead atoms. The molecule has 0 radical (unpaired) electrons. The van der Waals surface area contributed by atoms with Crippen molar-refractivity contribution >= 4 is 17.7 Å². The van der Waals surface area contributed by atoms with Crippen LogP contribution in [0.2, 0.25) is 0 Å². The summed E-state index contributed by atoms with van der Waals surface area (Å²) < 4.78 is 0. The van der Waals surface area contributed by atoms with Gasteiger partial charge in [0.15, 0.2) is 0 Å². The minimum Gasteiger partial charge on any atom is -0.477 e. The Morgan fingerprint density at radius 3 is 3.08 bits per heavy atom. The Hall–Kier alpha value is -0.970. The molecule has 0 saturated heterocycles. The van der Waals surface area contributed by atoms with E-state index >= 15 is 0 Å². The van der Waals surface area contributed by atoms with Gasteiger partial charge in [-0.05, 0) is 5.75 Å². The molecule has 0 unspecified atom stereocenters. The molecule has 0 atom stereocenters. The van der Waals surface area contributed by atoms with Gasteiger partial charge in [0, 0.05) is 0 Å². The molecule has 0 amide bonds. The van der Waals surface area contributed by atoms with Crippen LogP contribution in [0.15, 0.2) is 6.20 Å². The zero-order valence-electron chi connectivity index (χ0n) is 6.70. The minimum atomic E-state index is -0.963. The molecule has 4 nitrogen and oxygen atoms in total. The van der Waals surface area contributed by atoms with Gasteiger partial charge in [-0.2, -0.15) is 11.8 Å². The van der Waals surface area contributed by atoms with Gasteiger partial charge in [0.2, 0.25) is 0 Å². The zero-order chi connectivity index (χ0) is 8.97. The number of rotatable bonds is 4. The van der Waals surface area contributed by atoms with Crippen molar-refractivity contribution in [1.29, 1.82) is 0 Å². The number of hydrogen-bond donors (Lipinski definition) is 2.